The topological polar surface area (TPSA) is 40.6 Å². The molecule has 2 rings (SSSR count). The maximum absolute atomic E-state index is 11.7. The summed E-state index contributed by atoms with van der Waals surface area (Å²) in [7, 11) is -2.95. The maximum Gasteiger partial charge on any atom is 0.213 e. The summed E-state index contributed by atoms with van der Waals surface area (Å²) < 4.78 is 25.0. The summed E-state index contributed by atoms with van der Waals surface area (Å²) in [5.74, 6) is 0.236. The molecule has 0 radical (unpaired) electrons. The van der Waals surface area contributed by atoms with Crippen LogP contribution >= 0.6 is 0 Å². The van der Waals surface area contributed by atoms with E-state index in [1.807, 2.05) is 0 Å². The third-order valence-corrected chi connectivity index (χ3v) is 5.16. The van der Waals surface area contributed by atoms with Gasteiger partial charge in [-0.3, -0.25) is 4.90 Å². The van der Waals surface area contributed by atoms with Crippen LogP contribution in [0.3, 0.4) is 0 Å². The first-order valence-electron chi connectivity index (χ1n) is 5.35. The molecule has 0 amide bonds. The van der Waals surface area contributed by atoms with Crippen molar-refractivity contribution in [3.8, 4) is 0 Å². The van der Waals surface area contributed by atoms with Crippen molar-refractivity contribution in [2.45, 2.75) is 25.8 Å². The fourth-order valence-electron chi connectivity index (χ4n) is 2.40. The van der Waals surface area contributed by atoms with Crippen LogP contribution in [-0.2, 0) is 10.0 Å². The zero-order chi connectivity index (χ0) is 10.2. The molecule has 1 unspecified atom stereocenters. The van der Waals surface area contributed by atoms with Gasteiger partial charge in [0.2, 0.25) is 10.0 Å². The molecule has 5 heteroatoms. The molecular weight excluding hydrogens is 200 g/mol. The molecule has 0 N–H and O–H groups in total. The van der Waals surface area contributed by atoms with Gasteiger partial charge in [0, 0.05) is 25.7 Å². The van der Waals surface area contributed by atoms with Gasteiger partial charge in [-0.1, -0.05) is 0 Å². The molecule has 2 aliphatic rings. The molecule has 14 heavy (non-hydrogen) atoms. The van der Waals surface area contributed by atoms with Crippen LogP contribution in [0.25, 0.3) is 0 Å². The van der Waals surface area contributed by atoms with Gasteiger partial charge in [-0.2, -0.15) is 4.31 Å². The molecule has 2 saturated heterocycles. The summed E-state index contributed by atoms with van der Waals surface area (Å²) in [6, 6.07) is 0.491. The zero-order valence-electron chi connectivity index (χ0n) is 8.65. The monoisotopic (exact) mass is 218 g/mol. The van der Waals surface area contributed by atoms with Crippen LogP contribution in [0.4, 0.5) is 0 Å². The molecule has 4 nitrogen and oxygen atoms in total. The van der Waals surface area contributed by atoms with Crippen molar-refractivity contribution in [3.63, 3.8) is 0 Å². The van der Waals surface area contributed by atoms with E-state index in [0.29, 0.717) is 12.6 Å². The number of rotatable bonds is 2. The minimum Gasteiger partial charge on any atom is -0.298 e. The second-order valence-electron chi connectivity index (χ2n) is 4.09. The number of sulfonamides is 1. The molecule has 0 aromatic heterocycles. The number of piperazine rings is 1. The Morgan fingerprint density at radius 3 is 2.79 bits per heavy atom. The summed E-state index contributed by atoms with van der Waals surface area (Å²) in [5, 5.41) is 0. The van der Waals surface area contributed by atoms with Crippen LogP contribution < -0.4 is 0 Å². The Labute approximate surface area is 85.9 Å². The second kappa shape index (κ2) is 3.79. The Morgan fingerprint density at radius 1 is 1.29 bits per heavy atom. The normalized spacial score (nSPS) is 30.5. The Morgan fingerprint density at radius 2 is 2.07 bits per heavy atom. The largest absolute Gasteiger partial charge is 0.298 e. The average molecular weight is 218 g/mol. The van der Waals surface area contributed by atoms with Crippen LogP contribution in [0.2, 0.25) is 0 Å². The average Bonchev–Trinajstić information content (AvgIpc) is 2.64. The van der Waals surface area contributed by atoms with Crippen molar-refractivity contribution in [3.05, 3.63) is 0 Å². The smallest absolute Gasteiger partial charge is 0.213 e. The van der Waals surface area contributed by atoms with Crippen molar-refractivity contribution in [2.75, 3.05) is 31.9 Å². The molecule has 0 saturated carbocycles. The van der Waals surface area contributed by atoms with E-state index in [9.17, 15) is 8.42 Å². The van der Waals surface area contributed by atoms with Gasteiger partial charge in [-0.25, -0.2) is 8.42 Å². The summed E-state index contributed by atoms with van der Waals surface area (Å²) >= 11 is 0. The van der Waals surface area contributed by atoms with E-state index in [4.69, 9.17) is 0 Å². The first-order chi connectivity index (χ1) is 6.63. The van der Waals surface area contributed by atoms with E-state index in [-0.39, 0.29) is 5.75 Å². The van der Waals surface area contributed by atoms with Gasteiger partial charge in [0.15, 0.2) is 0 Å². The Hall–Kier alpha value is -0.130. The first-order valence-corrected chi connectivity index (χ1v) is 6.96. The number of fused-ring (bicyclic) bond motifs is 1. The highest BCUT2D eigenvalue weighted by Gasteiger charge is 2.34. The molecule has 0 aliphatic carbocycles. The van der Waals surface area contributed by atoms with E-state index in [1.165, 1.54) is 6.42 Å². The standard InChI is InChI=1S/C9H18N2O2S/c1-2-14(12,13)11-7-6-10-5-3-4-9(10)8-11/h9H,2-8H2,1H3. The van der Waals surface area contributed by atoms with Gasteiger partial charge in [0.1, 0.15) is 0 Å². The van der Waals surface area contributed by atoms with E-state index in [0.717, 1.165) is 26.1 Å². The predicted molar refractivity (Wildman–Crippen MR) is 55.6 cm³/mol. The third kappa shape index (κ3) is 1.81. The van der Waals surface area contributed by atoms with Crippen LogP contribution in [-0.4, -0.2) is 55.6 Å². The van der Waals surface area contributed by atoms with Crippen LogP contribution in [0.5, 0.6) is 0 Å². The van der Waals surface area contributed by atoms with Gasteiger partial charge < -0.3 is 0 Å². The lowest BCUT2D eigenvalue weighted by Gasteiger charge is -2.36. The van der Waals surface area contributed by atoms with Crippen LogP contribution in [0, 0.1) is 0 Å². The lowest BCUT2D eigenvalue weighted by Crippen LogP contribution is -2.52. The lowest BCUT2D eigenvalue weighted by atomic mass is 10.2. The summed E-state index contributed by atoms with van der Waals surface area (Å²) in [4.78, 5) is 2.42. The number of hydrogen-bond acceptors (Lipinski definition) is 3. The maximum atomic E-state index is 11.7. The van der Waals surface area contributed by atoms with E-state index >= 15 is 0 Å². The van der Waals surface area contributed by atoms with Crippen molar-refractivity contribution in [1.82, 2.24) is 9.21 Å². The fraction of sp³-hybridized carbons (Fsp3) is 1.00. The zero-order valence-corrected chi connectivity index (χ0v) is 9.46. The third-order valence-electron chi connectivity index (χ3n) is 3.31. The van der Waals surface area contributed by atoms with Gasteiger partial charge in [-0.15, -0.1) is 0 Å². The van der Waals surface area contributed by atoms with Crippen LogP contribution in [0.15, 0.2) is 0 Å². The van der Waals surface area contributed by atoms with Crippen molar-refractivity contribution >= 4 is 10.0 Å². The molecule has 2 fully saturated rings. The second-order valence-corrected chi connectivity index (χ2v) is 6.35. The number of nitrogens with zero attached hydrogens (tertiary/aromatic N) is 2. The van der Waals surface area contributed by atoms with Crippen molar-refractivity contribution < 1.29 is 8.42 Å². The molecule has 0 aromatic carbocycles. The fourth-order valence-corrected chi connectivity index (χ4v) is 3.52. The molecule has 2 aliphatic heterocycles. The highest BCUT2D eigenvalue weighted by Crippen LogP contribution is 2.22. The minimum atomic E-state index is -2.95. The van der Waals surface area contributed by atoms with E-state index in [1.54, 1.807) is 11.2 Å². The quantitative estimate of drug-likeness (QED) is 0.661. The Balaban J connectivity index is 2.04. The molecule has 1 atom stereocenters. The number of hydrogen-bond donors (Lipinski definition) is 0. The molecule has 0 aromatic rings. The van der Waals surface area contributed by atoms with Gasteiger partial charge in [0.05, 0.1) is 5.75 Å². The molecule has 2 heterocycles. The lowest BCUT2D eigenvalue weighted by molar-refractivity contribution is 0.158. The van der Waals surface area contributed by atoms with Gasteiger partial charge >= 0.3 is 0 Å². The SMILES string of the molecule is CCS(=O)(=O)N1CCN2CCCC2C1. The highest BCUT2D eigenvalue weighted by molar-refractivity contribution is 7.89. The highest BCUT2D eigenvalue weighted by atomic mass is 32.2. The van der Waals surface area contributed by atoms with Gasteiger partial charge in [-0.05, 0) is 26.3 Å². The van der Waals surface area contributed by atoms with Gasteiger partial charge in [0.25, 0.3) is 0 Å². The Bertz CT molecular complexity index is 302. The molecule has 82 valence electrons. The van der Waals surface area contributed by atoms with Crippen molar-refractivity contribution in [2.24, 2.45) is 0 Å². The minimum absolute atomic E-state index is 0.236. The van der Waals surface area contributed by atoms with Crippen molar-refractivity contribution in [1.29, 1.82) is 0 Å². The molecule has 0 spiro atoms. The first kappa shape index (κ1) is 10.4. The summed E-state index contributed by atoms with van der Waals surface area (Å²) in [6.45, 7) is 5.20. The van der Waals surface area contributed by atoms with E-state index in [2.05, 4.69) is 4.90 Å². The van der Waals surface area contributed by atoms with E-state index < -0.39 is 10.0 Å². The molecular formula is C9H18N2O2S. The predicted octanol–water partition coefficient (Wildman–Crippen LogP) is 0.116. The Kier molecular flexibility index (Phi) is 2.81. The summed E-state index contributed by atoms with van der Waals surface area (Å²) in [5.41, 5.74) is 0. The van der Waals surface area contributed by atoms with Crippen LogP contribution in [0.1, 0.15) is 19.8 Å². The molecule has 0 bridgehead atoms. The summed E-state index contributed by atoms with van der Waals surface area (Å²) in [6.07, 6.45) is 2.39.